The predicted molar refractivity (Wildman–Crippen MR) is 170 cm³/mol. The van der Waals surface area contributed by atoms with Crippen LogP contribution in [0.5, 0.6) is 0 Å². The summed E-state index contributed by atoms with van der Waals surface area (Å²) in [6.45, 7) is 17.1. The fourth-order valence-electron chi connectivity index (χ4n) is 4.28. The van der Waals surface area contributed by atoms with Crippen LogP contribution in [0.1, 0.15) is 101 Å². The molecule has 2 rings (SSSR count). The lowest BCUT2D eigenvalue weighted by molar-refractivity contribution is 0.831. The minimum Gasteiger partial charge on any atom is -0.336 e. The van der Waals surface area contributed by atoms with Crippen LogP contribution >= 0.6 is 66.5 Å². The van der Waals surface area contributed by atoms with Gasteiger partial charge in [0.25, 0.3) is 0 Å². The van der Waals surface area contributed by atoms with Gasteiger partial charge in [0.2, 0.25) is 0 Å². The zero-order valence-corrected chi connectivity index (χ0v) is 28.6. The van der Waals surface area contributed by atoms with E-state index in [1.54, 1.807) is 21.5 Å². The van der Waals surface area contributed by atoms with Gasteiger partial charge in [0.1, 0.15) is 0 Å². The molecule has 0 fully saturated rings. The molecule has 0 heterocycles. The fourth-order valence-corrected chi connectivity index (χ4v) is 8.32. The quantitative estimate of drug-likeness (QED) is 0.187. The second kappa shape index (κ2) is 12.9. The summed E-state index contributed by atoms with van der Waals surface area (Å²) in [5.41, 5.74) is 6.25. The summed E-state index contributed by atoms with van der Waals surface area (Å²) in [4.78, 5) is 0. The standard InChI is InChI=1S/C26H36Cl6N2Si2/c1-17(2)21-11-9-12-22(18(3)4)25(21)33(35(27,28)29)15-16-34(36(30,31)32)26-23(19(5)6)13-10-14-24(26)20(7)8/h9-20H,1-8H3/b16-15+. The summed E-state index contributed by atoms with van der Waals surface area (Å²) in [5, 5.41) is 0. The van der Waals surface area contributed by atoms with Crippen molar-refractivity contribution in [1.29, 1.82) is 0 Å². The number of hydrogen-bond donors (Lipinski definition) is 0. The minimum absolute atomic E-state index is 0.226. The Hall–Kier alpha value is -0.0462. The molecule has 2 aromatic carbocycles. The number of benzene rings is 2. The van der Waals surface area contributed by atoms with E-state index in [1.165, 1.54) is 0 Å². The van der Waals surface area contributed by atoms with E-state index in [0.29, 0.717) is 0 Å². The lowest BCUT2D eigenvalue weighted by Crippen LogP contribution is -2.41. The Morgan fingerprint density at radius 3 is 0.889 bits per heavy atom. The van der Waals surface area contributed by atoms with Crippen LogP contribution < -0.4 is 9.13 Å². The van der Waals surface area contributed by atoms with Crippen molar-refractivity contribution < 1.29 is 0 Å². The second-order valence-corrected chi connectivity index (χ2v) is 26.3. The van der Waals surface area contributed by atoms with E-state index in [1.807, 2.05) is 0 Å². The van der Waals surface area contributed by atoms with Gasteiger partial charge in [-0.15, -0.1) is 66.5 Å². The molecule has 0 amide bonds. The number of hydrogen-bond acceptors (Lipinski definition) is 2. The first kappa shape index (κ1) is 32.2. The van der Waals surface area contributed by atoms with E-state index in [0.717, 1.165) is 33.6 Å². The molecule has 0 aliphatic heterocycles. The summed E-state index contributed by atoms with van der Waals surface area (Å²) >= 11 is 40.4. The highest BCUT2D eigenvalue weighted by Gasteiger charge is 2.40. The molecular formula is C26H36Cl6N2Si2. The monoisotopic (exact) mass is 642 g/mol. The summed E-state index contributed by atoms with van der Waals surface area (Å²) in [6, 6.07) is 12.5. The second-order valence-electron chi connectivity index (χ2n) is 10.2. The van der Waals surface area contributed by atoms with Gasteiger partial charge in [-0.3, -0.25) is 0 Å². The van der Waals surface area contributed by atoms with Crippen LogP contribution in [0.15, 0.2) is 48.8 Å². The zero-order valence-electron chi connectivity index (χ0n) is 22.1. The van der Waals surface area contributed by atoms with E-state index in [9.17, 15) is 0 Å². The highest BCUT2D eigenvalue weighted by molar-refractivity contribution is 7.66. The van der Waals surface area contributed by atoms with Crippen molar-refractivity contribution in [2.24, 2.45) is 0 Å². The normalized spacial score (nSPS) is 13.1. The SMILES string of the molecule is CC(C)c1cccc(C(C)C)c1N(/C=C/N(c1c(C(C)C)cccc1C(C)C)[Si](Cl)(Cl)Cl)[Si](Cl)(Cl)Cl. The largest absolute Gasteiger partial charge is 0.458 e. The molecule has 0 aliphatic rings. The maximum atomic E-state index is 6.73. The molecule has 0 spiro atoms. The molecule has 0 aliphatic carbocycles. The summed E-state index contributed by atoms with van der Waals surface area (Å²) in [7, 11) is 0. The van der Waals surface area contributed by atoms with Crippen molar-refractivity contribution in [3.8, 4) is 0 Å². The summed E-state index contributed by atoms with van der Waals surface area (Å²) in [5.74, 6) is 0.903. The van der Waals surface area contributed by atoms with Crippen LogP contribution in [0.2, 0.25) is 0 Å². The highest BCUT2D eigenvalue weighted by Crippen LogP contribution is 2.44. The number of halogens is 6. The van der Waals surface area contributed by atoms with E-state index in [2.05, 4.69) is 91.8 Å². The highest BCUT2D eigenvalue weighted by atomic mass is 35.8. The molecule has 0 saturated heterocycles. The molecule has 200 valence electrons. The van der Waals surface area contributed by atoms with Crippen LogP contribution in [0.25, 0.3) is 0 Å². The Labute approximate surface area is 247 Å². The van der Waals surface area contributed by atoms with Gasteiger partial charge >= 0.3 is 12.3 Å². The van der Waals surface area contributed by atoms with E-state index in [4.69, 9.17) is 66.5 Å². The molecule has 36 heavy (non-hydrogen) atoms. The average Bonchev–Trinajstić information content (AvgIpc) is 2.73. The predicted octanol–water partition coefficient (Wildman–Crippen LogP) is 11.3. The van der Waals surface area contributed by atoms with Crippen molar-refractivity contribution in [1.82, 2.24) is 0 Å². The van der Waals surface area contributed by atoms with Gasteiger partial charge in [0.05, 0.1) is 0 Å². The van der Waals surface area contributed by atoms with Crippen LogP contribution in [-0.4, -0.2) is 12.3 Å². The summed E-state index contributed by atoms with van der Waals surface area (Å²) < 4.78 is 3.60. The summed E-state index contributed by atoms with van der Waals surface area (Å²) in [6.07, 6.45) is -3.33. The Balaban J connectivity index is 2.85. The van der Waals surface area contributed by atoms with Crippen molar-refractivity contribution in [3.63, 3.8) is 0 Å². The smallest absolute Gasteiger partial charge is 0.336 e. The third kappa shape index (κ3) is 7.76. The zero-order chi connectivity index (χ0) is 27.6. The molecule has 2 aromatic rings. The Morgan fingerprint density at radius 2 is 0.722 bits per heavy atom. The van der Waals surface area contributed by atoms with Gasteiger partial charge in [-0.25, -0.2) is 0 Å². The molecule has 10 heteroatoms. The van der Waals surface area contributed by atoms with Gasteiger partial charge in [0, 0.05) is 23.8 Å². The topological polar surface area (TPSA) is 6.48 Å². The lowest BCUT2D eigenvalue weighted by atomic mass is 9.92. The third-order valence-electron chi connectivity index (χ3n) is 6.08. The van der Waals surface area contributed by atoms with Crippen molar-refractivity contribution in [2.75, 3.05) is 9.13 Å². The van der Waals surface area contributed by atoms with E-state index >= 15 is 0 Å². The maximum absolute atomic E-state index is 6.73. The molecule has 0 unspecified atom stereocenters. The Kier molecular flexibility index (Phi) is 11.5. The minimum atomic E-state index is -3.46. The molecule has 0 aromatic heterocycles. The Morgan fingerprint density at radius 1 is 0.500 bits per heavy atom. The van der Waals surface area contributed by atoms with Gasteiger partial charge in [-0.2, -0.15) is 0 Å². The van der Waals surface area contributed by atoms with E-state index < -0.39 is 12.3 Å². The van der Waals surface area contributed by atoms with Gasteiger partial charge in [0.15, 0.2) is 0 Å². The van der Waals surface area contributed by atoms with Crippen molar-refractivity contribution in [2.45, 2.75) is 79.1 Å². The fraction of sp³-hybridized carbons (Fsp3) is 0.462. The average molecular weight is 645 g/mol. The molecule has 0 atom stereocenters. The molecule has 0 bridgehead atoms. The first-order valence-electron chi connectivity index (χ1n) is 12.1. The third-order valence-corrected chi connectivity index (χ3v) is 11.2. The number of nitrogens with zero attached hydrogens (tertiary/aromatic N) is 2. The first-order chi connectivity index (χ1) is 16.5. The first-order valence-corrected chi connectivity index (χ1v) is 22.1. The van der Waals surface area contributed by atoms with Crippen LogP contribution in [0.4, 0.5) is 11.4 Å². The Bertz CT molecular complexity index is 923. The van der Waals surface area contributed by atoms with E-state index in [-0.39, 0.29) is 23.7 Å². The van der Waals surface area contributed by atoms with Crippen LogP contribution in [0, 0.1) is 0 Å². The molecule has 0 saturated carbocycles. The lowest BCUT2D eigenvalue weighted by Gasteiger charge is -2.35. The van der Waals surface area contributed by atoms with Crippen LogP contribution in [0.3, 0.4) is 0 Å². The number of rotatable bonds is 10. The molecular weight excluding hydrogens is 609 g/mol. The number of anilines is 2. The molecule has 2 nitrogen and oxygen atoms in total. The van der Waals surface area contributed by atoms with Gasteiger partial charge in [-0.05, 0) is 45.9 Å². The van der Waals surface area contributed by atoms with Crippen molar-refractivity contribution in [3.05, 3.63) is 71.1 Å². The maximum Gasteiger partial charge on any atom is 0.458 e. The molecule has 0 N–H and O–H groups in total. The van der Waals surface area contributed by atoms with Crippen LogP contribution in [-0.2, 0) is 0 Å². The number of para-hydroxylation sites is 2. The molecule has 0 radical (unpaired) electrons. The van der Waals surface area contributed by atoms with Gasteiger partial charge < -0.3 is 9.13 Å². The van der Waals surface area contributed by atoms with Crippen molar-refractivity contribution >= 4 is 90.2 Å². The van der Waals surface area contributed by atoms with Gasteiger partial charge in [-0.1, -0.05) is 91.8 Å².